The summed E-state index contributed by atoms with van der Waals surface area (Å²) in [7, 11) is 0. The van der Waals surface area contributed by atoms with Crippen molar-refractivity contribution < 1.29 is 52.4 Å². The van der Waals surface area contributed by atoms with Crippen LogP contribution in [0, 0.1) is 0 Å². The number of ether oxygens (including phenoxy) is 6. The van der Waals surface area contributed by atoms with Gasteiger partial charge in [0.2, 0.25) is 11.8 Å². The van der Waals surface area contributed by atoms with Crippen LogP contribution in [0.3, 0.4) is 0 Å². The van der Waals surface area contributed by atoms with Crippen molar-refractivity contribution in [1.82, 2.24) is 15.5 Å². The lowest BCUT2D eigenvalue weighted by Crippen LogP contribution is -2.54. The van der Waals surface area contributed by atoms with Gasteiger partial charge in [0.15, 0.2) is 6.61 Å². The Bertz CT molecular complexity index is 1090. The van der Waals surface area contributed by atoms with E-state index in [2.05, 4.69) is 10.6 Å². The number of carbonyl (C=O) groups is 5. The smallest absolute Gasteiger partial charge is 0.266 e. The van der Waals surface area contributed by atoms with Crippen molar-refractivity contribution in [1.29, 1.82) is 0 Å². The van der Waals surface area contributed by atoms with Crippen molar-refractivity contribution in [2.45, 2.75) is 18.9 Å². The van der Waals surface area contributed by atoms with Gasteiger partial charge >= 0.3 is 0 Å². The summed E-state index contributed by atoms with van der Waals surface area (Å²) in [5.41, 5.74) is 5.36. The number of imide groups is 2. The number of rotatable bonds is 21. The van der Waals surface area contributed by atoms with Crippen LogP contribution < -0.4 is 21.1 Å². The fourth-order valence-electron chi connectivity index (χ4n) is 4.13. The van der Waals surface area contributed by atoms with Crippen molar-refractivity contribution in [2.24, 2.45) is 5.73 Å². The van der Waals surface area contributed by atoms with Gasteiger partial charge in [-0.3, -0.25) is 34.2 Å². The van der Waals surface area contributed by atoms with E-state index in [-0.39, 0.29) is 55.3 Å². The van der Waals surface area contributed by atoms with Crippen LogP contribution in [0.25, 0.3) is 0 Å². The quantitative estimate of drug-likeness (QED) is 0.111. The molecule has 0 aromatic heterocycles. The zero-order valence-corrected chi connectivity index (χ0v) is 24.7. The summed E-state index contributed by atoms with van der Waals surface area (Å²) in [4.78, 5) is 62.7. The van der Waals surface area contributed by atoms with Gasteiger partial charge in [0.05, 0.1) is 77.2 Å². The minimum atomic E-state index is -1.09. The third kappa shape index (κ3) is 11.4. The van der Waals surface area contributed by atoms with Crippen LogP contribution in [0.1, 0.15) is 33.6 Å². The normalized spacial score (nSPS) is 16.1. The molecule has 1 unspecified atom stereocenters. The van der Waals surface area contributed by atoms with Gasteiger partial charge in [-0.1, -0.05) is 6.07 Å². The van der Waals surface area contributed by atoms with Crippen molar-refractivity contribution in [3.05, 3.63) is 29.3 Å². The molecular formula is C27H39ClN4O11. The Hall–Kier alpha value is -3.18. The molecule has 0 radical (unpaired) electrons. The summed E-state index contributed by atoms with van der Waals surface area (Å²) in [6.45, 7) is 4.60. The lowest BCUT2D eigenvalue weighted by atomic mass is 10.0. The van der Waals surface area contributed by atoms with Gasteiger partial charge in [-0.15, -0.1) is 12.4 Å². The highest BCUT2D eigenvalue weighted by atomic mass is 35.5. The number of nitrogens with one attached hydrogen (secondary N) is 2. The summed E-state index contributed by atoms with van der Waals surface area (Å²) in [5, 5.41) is 4.78. The summed E-state index contributed by atoms with van der Waals surface area (Å²) >= 11 is 0. The molecule has 1 fully saturated rings. The highest BCUT2D eigenvalue weighted by Crippen LogP contribution is 2.33. The summed E-state index contributed by atoms with van der Waals surface area (Å²) in [5.74, 6) is -2.93. The average molecular weight is 631 g/mol. The highest BCUT2D eigenvalue weighted by molar-refractivity contribution is 6.24. The molecule has 1 atom stereocenters. The topological polar surface area (TPSA) is 194 Å². The predicted octanol–water partition coefficient (Wildman–Crippen LogP) is -0.954. The SMILES string of the molecule is Cl.NCCOCCOCCOCCOCCOCCNC(=O)COc1cccc2c1C(=O)N(C1CCC(=O)NC1=O)C2=O. The highest BCUT2D eigenvalue weighted by Gasteiger charge is 2.46. The minimum absolute atomic E-state index is 0. The molecule has 5 amide bonds. The second kappa shape index (κ2) is 19.9. The van der Waals surface area contributed by atoms with Gasteiger partial charge < -0.3 is 39.5 Å². The number of amides is 5. The van der Waals surface area contributed by atoms with E-state index in [0.29, 0.717) is 66.0 Å². The lowest BCUT2D eigenvalue weighted by molar-refractivity contribution is -0.136. The largest absolute Gasteiger partial charge is 0.483 e. The molecule has 1 aromatic rings. The molecule has 0 bridgehead atoms. The van der Waals surface area contributed by atoms with Crippen LogP contribution >= 0.6 is 12.4 Å². The Labute approximate surface area is 255 Å². The Morgan fingerprint density at radius 3 is 2.02 bits per heavy atom. The number of fused-ring (bicyclic) bond motifs is 1. The second-order valence-corrected chi connectivity index (χ2v) is 9.12. The molecular weight excluding hydrogens is 592 g/mol. The zero-order valence-electron chi connectivity index (χ0n) is 23.8. The second-order valence-electron chi connectivity index (χ2n) is 9.12. The summed E-state index contributed by atoms with van der Waals surface area (Å²) < 4.78 is 32.3. The van der Waals surface area contributed by atoms with Gasteiger partial charge in [0.25, 0.3) is 17.7 Å². The molecule has 240 valence electrons. The van der Waals surface area contributed by atoms with Crippen molar-refractivity contribution in [2.75, 3.05) is 85.8 Å². The molecule has 3 rings (SSSR count). The molecule has 0 aliphatic carbocycles. The first-order chi connectivity index (χ1) is 20.4. The van der Waals surface area contributed by atoms with E-state index in [1.54, 1.807) is 0 Å². The van der Waals surface area contributed by atoms with Crippen LogP contribution in [0.5, 0.6) is 5.75 Å². The van der Waals surface area contributed by atoms with E-state index in [1.807, 2.05) is 0 Å². The third-order valence-electron chi connectivity index (χ3n) is 6.11. The van der Waals surface area contributed by atoms with Crippen molar-refractivity contribution >= 4 is 41.9 Å². The van der Waals surface area contributed by atoms with Crippen LogP contribution in [-0.4, -0.2) is 126 Å². The predicted molar refractivity (Wildman–Crippen MR) is 152 cm³/mol. The van der Waals surface area contributed by atoms with Crippen molar-refractivity contribution in [3.8, 4) is 5.75 Å². The molecule has 16 heteroatoms. The maximum Gasteiger partial charge on any atom is 0.266 e. The average Bonchev–Trinajstić information content (AvgIpc) is 3.23. The standard InChI is InChI=1S/C27H38N4O11.ClH/c28-6-8-37-10-12-39-14-16-41-17-15-40-13-11-38-9-7-29-23(33)18-42-21-3-1-2-19-24(21)27(36)31(26(19)35)20-4-5-22(32)30-25(20)34;/h1-3,20H,4-18,28H2,(H,29,33)(H,30,32,34);1H. The van der Waals surface area contributed by atoms with Crippen LogP contribution in [-0.2, 0) is 38.1 Å². The molecule has 2 aliphatic heterocycles. The monoisotopic (exact) mass is 630 g/mol. The number of piperidine rings is 1. The first kappa shape index (κ1) is 36.0. The van der Waals surface area contributed by atoms with Gasteiger partial charge in [-0.05, 0) is 18.6 Å². The number of carbonyl (C=O) groups excluding carboxylic acids is 5. The van der Waals surface area contributed by atoms with E-state index in [1.165, 1.54) is 18.2 Å². The number of hydrogen-bond acceptors (Lipinski definition) is 12. The summed E-state index contributed by atoms with van der Waals surface area (Å²) in [6, 6.07) is 3.34. The molecule has 1 saturated heterocycles. The van der Waals surface area contributed by atoms with Crippen LogP contribution in [0.2, 0.25) is 0 Å². The van der Waals surface area contributed by atoms with Gasteiger partial charge in [-0.25, -0.2) is 0 Å². The Morgan fingerprint density at radius 1 is 0.860 bits per heavy atom. The van der Waals surface area contributed by atoms with Crippen LogP contribution in [0.4, 0.5) is 0 Å². The first-order valence-corrected chi connectivity index (χ1v) is 13.8. The fourth-order valence-corrected chi connectivity index (χ4v) is 4.13. The molecule has 43 heavy (non-hydrogen) atoms. The van der Waals surface area contributed by atoms with E-state index < -0.39 is 42.2 Å². The maximum atomic E-state index is 13.1. The summed E-state index contributed by atoms with van der Waals surface area (Å²) in [6.07, 6.45) is 0.0595. The Balaban J connectivity index is 0.00000645. The Kier molecular flexibility index (Phi) is 16.7. The molecule has 15 nitrogen and oxygen atoms in total. The fraction of sp³-hybridized carbons (Fsp3) is 0.593. The van der Waals surface area contributed by atoms with E-state index in [9.17, 15) is 24.0 Å². The minimum Gasteiger partial charge on any atom is -0.483 e. The number of nitrogens with zero attached hydrogens (tertiary/aromatic N) is 1. The number of hydrogen-bond donors (Lipinski definition) is 3. The molecule has 4 N–H and O–H groups in total. The van der Waals surface area contributed by atoms with E-state index >= 15 is 0 Å². The lowest BCUT2D eigenvalue weighted by Gasteiger charge is -2.27. The van der Waals surface area contributed by atoms with Gasteiger partial charge in [0, 0.05) is 19.5 Å². The number of benzene rings is 1. The molecule has 2 aliphatic rings. The first-order valence-electron chi connectivity index (χ1n) is 13.8. The maximum absolute atomic E-state index is 13.1. The van der Waals surface area contributed by atoms with E-state index in [4.69, 9.17) is 34.2 Å². The molecule has 1 aromatic carbocycles. The van der Waals surface area contributed by atoms with E-state index in [0.717, 1.165) is 4.90 Å². The van der Waals surface area contributed by atoms with Crippen molar-refractivity contribution in [3.63, 3.8) is 0 Å². The van der Waals surface area contributed by atoms with Crippen LogP contribution in [0.15, 0.2) is 18.2 Å². The number of nitrogens with two attached hydrogens (primary N) is 1. The molecule has 2 heterocycles. The van der Waals surface area contributed by atoms with Gasteiger partial charge in [-0.2, -0.15) is 0 Å². The third-order valence-corrected chi connectivity index (χ3v) is 6.11. The Morgan fingerprint density at radius 2 is 1.44 bits per heavy atom. The van der Waals surface area contributed by atoms with Gasteiger partial charge in [0.1, 0.15) is 11.8 Å². The number of halogens is 1. The zero-order chi connectivity index (χ0) is 30.2. The molecule has 0 saturated carbocycles. The molecule has 0 spiro atoms.